The molecule has 0 amide bonds. The highest BCUT2D eigenvalue weighted by molar-refractivity contribution is 5.82. The summed E-state index contributed by atoms with van der Waals surface area (Å²) in [6.45, 7) is 0.797. The molecule has 1 aliphatic carbocycles. The van der Waals surface area contributed by atoms with Crippen LogP contribution in [0.2, 0.25) is 0 Å². The van der Waals surface area contributed by atoms with Gasteiger partial charge in [-0.25, -0.2) is 4.79 Å². The number of hydrogen-bond donors (Lipinski definition) is 1. The fourth-order valence-electron chi connectivity index (χ4n) is 2.57. The molecule has 5 nitrogen and oxygen atoms in total. The Kier molecular flexibility index (Phi) is 5.20. The number of hydrogen-bond acceptors (Lipinski definition) is 5. The number of carbonyl (C=O) groups excluding carboxylic acids is 1. The first-order valence-electron chi connectivity index (χ1n) is 7.14. The fourth-order valence-corrected chi connectivity index (χ4v) is 2.57. The Morgan fingerprint density at radius 3 is 2.71 bits per heavy atom. The van der Waals surface area contributed by atoms with Crippen LogP contribution in [0, 0.1) is 5.92 Å². The van der Waals surface area contributed by atoms with Crippen LogP contribution in [0.3, 0.4) is 0 Å². The third-order valence-electron chi connectivity index (χ3n) is 3.95. The zero-order chi connectivity index (χ0) is 15.3. The van der Waals surface area contributed by atoms with Crippen molar-refractivity contribution < 1.29 is 19.0 Å². The Hall–Kier alpha value is -1.59. The van der Waals surface area contributed by atoms with Crippen molar-refractivity contribution >= 4 is 5.97 Å². The van der Waals surface area contributed by atoms with Gasteiger partial charge in [-0.15, -0.1) is 0 Å². The Balaban J connectivity index is 2.08. The second-order valence-electron chi connectivity index (χ2n) is 5.36. The third kappa shape index (κ3) is 3.54. The molecule has 1 atom stereocenters. The average Bonchev–Trinajstić information content (AvgIpc) is 3.34. The lowest BCUT2D eigenvalue weighted by Gasteiger charge is -2.30. The standard InChI is InChI=1S/C16H23NO4/c1-17-16(13-7-8-13,15(18)20-3)11-21-14-6-4-5-12(9-14)10-19-2/h4-6,9,13,17H,7-8,10-11H2,1-3H3. The van der Waals surface area contributed by atoms with E-state index >= 15 is 0 Å². The summed E-state index contributed by atoms with van der Waals surface area (Å²) < 4.78 is 15.9. The minimum atomic E-state index is -0.758. The molecule has 0 spiro atoms. The molecule has 0 aliphatic heterocycles. The van der Waals surface area contributed by atoms with Crippen LogP contribution >= 0.6 is 0 Å². The topological polar surface area (TPSA) is 56.8 Å². The molecule has 1 aliphatic rings. The van der Waals surface area contributed by atoms with Crippen molar-refractivity contribution in [1.82, 2.24) is 5.32 Å². The van der Waals surface area contributed by atoms with Crippen molar-refractivity contribution in [2.75, 3.05) is 27.9 Å². The molecule has 0 aromatic heterocycles. The van der Waals surface area contributed by atoms with Crippen molar-refractivity contribution in [2.24, 2.45) is 5.92 Å². The van der Waals surface area contributed by atoms with Crippen molar-refractivity contribution in [3.8, 4) is 5.75 Å². The van der Waals surface area contributed by atoms with E-state index < -0.39 is 5.54 Å². The lowest BCUT2D eigenvalue weighted by molar-refractivity contribution is -0.151. The van der Waals surface area contributed by atoms with Crippen LogP contribution in [0.4, 0.5) is 0 Å². The zero-order valence-electron chi connectivity index (χ0n) is 12.8. The summed E-state index contributed by atoms with van der Waals surface area (Å²) >= 11 is 0. The summed E-state index contributed by atoms with van der Waals surface area (Å²) in [5.41, 5.74) is 0.279. The summed E-state index contributed by atoms with van der Waals surface area (Å²) in [6.07, 6.45) is 2.03. The van der Waals surface area contributed by atoms with Crippen LogP contribution in [0.5, 0.6) is 5.75 Å². The van der Waals surface area contributed by atoms with Gasteiger partial charge in [0.2, 0.25) is 0 Å². The van der Waals surface area contributed by atoms with E-state index in [4.69, 9.17) is 14.2 Å². The van der Waals surface area contributed by atoms with E-state index in [1.54, 1.807) is 14.2 Å². The van der Waals surface area contributed by atoms with E-state index in [1.807, 2.05) is 24.3 Å². The number of rotatable bonds is 8. The van der Waals surface area contributed by atoms with Crippen molar-refractivity contribution in [3.63, 3.8) is 0 Å². The van der Waals surface area contributed by atoms with Gasteiger partial charge in [-0.05, 0) is 43.5 Å². The molecule has 0 heterocycles. The molecule has 1 fully saturated rings. The molecule has 5 heteroatoms. The SMILES string of the molecule is CNC(COc1cccc(COC)c1)(C(=O)OC)C1CC1. The van der Waals surface area contributed by atoms with Crippen LogP contribution in [0.15, 0.2) is 24.3 Å². The van der Waals surface area contributed by atoms with Gasteiger partial charge in [-0.3, -0.25) is 0 Å². The molecule has 1 N–H and O–H groups in total. The Morgan fingerprint density at radius 1 is 1.38 bits per heavy atom. The molecule has 1 aromatic rings. The first-order valence-corrected chi connectivity index (χ1v) is 7.14. The van der Waals surface area contributed by atoms with E-state index in [-0.39, 0.29) is 18.5 Å². The summed E-state index contributed by atoms with van der Waals surface area (Å²) in [5, 5.41) is 3.11. The molecule has 1 unspecified atom stereocenters. The van der Waals surface area contributed by atoms with Gasteiger partial charge in [0.05, 0.1) is 13.7 Å². The van der Waals surface area contributed by atoms with E-state index in [0.29, 0.717) is 6.61 Å². The molecule has 0 radical (unpaired) electrons. The molecule has 2 rings (SSSR count). The van der Waals surface area contributed by atoms with Gasteiger partial charge in [-0.1, -0.05) is 12.1 Å². The van der Waals surface area contributed by atoms with Gasteiger partial charge in [0.1, 0.15) is 12.4 Å². The van der Waals surface area contributed by atoms with Crippen molar-refractivity contribution in [3.05, 3.63) is 29.8 Å². The van der Waals surface area contributed by atoms with E-state index in [0.717, 1.165) is 24.2 Å². The maximum atomic E-state index is 12.2. The molecular weight excluding hydrogens is 270 g/mol. The number of esters is 1. The number of benzene rings is 1. The summed E-state index contributed by atoms with van der Waals surface area (Å²) in [6, 6.07) is 7.70. The van der Waals surface area contributed by atoms with E-state index in [9.17, 15) is 4.79 Å². The second-order valence-corrected chi connectivity index (χ2v) is 5.36. The molecule has 0 bridgehead atoms. The molecule has 0 saturated heterocycles. The molecule has 1 saturated carbocycles. The number of nitrogens with one attached hydrogen (secondary N) is 1. The quantitative estimate of drug-likeness (QED) is 0.740. The normalized spacial score (nSPS) is 17.1. The highest BCUT2D eigenvalue weighted by Gasteiger charge is 2.51. The highest BCUT2D eigenvalue weighted by atomic mass is 16.5. The minimum absolute atomic E-state index is 0.261. The number of carbonyl (C=O) groups is 1. The number of methoxy groups -OCH3 is 2. The van der Waals surface area contributed by atoms with Gasteiger partial charge in [0.25, 0.3) is 0 Å². The maximum Gasteiger partial charge on any atom is 0.329 e. The molecule has 116 valence electrons. The summed E-state index contributed by atoms with van der Waals surface area (Å²) in [7, 11) is 4.85. The van der Waals surface area contributed by atoms with E-state index in [1.165, 1.54) is 7.11 Å². The summed E-state index contributed by atoms with van der Waals surface area (Å²) in [4.78, 5) is 12.2. The zero-order valence-corrected chi connectivity index (χ0v) is 12.8. The van der Waals surface area contributed by atoms with E-state index in [2.05, 4.69) is 5.32 Å². The smallest absolute Gasteiger partial charge is 0.329 e. The Labute approximate surface area is 125 Å². The van der Waals surface area contributed by atoms with Crippen LogP contribution in [0.1, 0.15) is 18.4 Å². The van der Waals surface area contributed by atoms with Gasteiger partial charge < -0.3 is 19.5 Å². The van der Waals surface area contributed by atoms with Gasteiger partial charge >= 0.3 is 5.97 Å². The lowest BCUT2D eigenvalue weighted by Crippen LogP contribution is -2.57. The van der Waals surface area contributed by atoms with Crippen molar-refractivity contribution in [2.45, 2.75) is 25.0 Å². The van der Waals surface area contributed by atoms with Gasteiger partial charge in [0, 0.05) is 7.11 Å². The summed E-state index contributed by atoms with van der Waals surface area (Å²) in [5.74, 6) is 0.742. The predicted octanol–water partition coefficient (Wildman–Crippen LogP) is 1.75. The minimum Gasteiger partial charge on any atom is -0.491 e. The second kappa shape index (κ2) is 6.91. The van der Waals surface area contributed by atoms with Crippen molar-refractivity contribution in [1.29, 1.82) is 0 Å². The van der Waals surface area contributed by atoms with Gasteiger partial charge in [-0.2, -0.15) is 0 Å². The van der Waals surface area contributed by atoms with Crippen LogP contribution in [-0.4, -0.2) is 39.4 Å². The average molecular weight is 293 g/mol. The van der Waals surface area contributed by atoms with Gasteiger partial charge in [0.15, 0.2) is 5.54 Å². The Morgan fingerprint density at radius 2 is 2.14 bits per heavy atom. The lowest BCUT2D eigenvalue weighted by atomic mass is 9.94. The molecular formula is C16H23NO4. The van der Waals surface area contributed by atoms with Crippen LogP contribution in [-0.2, 0) is 20.9 Å². The third-order valence-corrected chi connectivity index (χ3v) is 3.95. The number of ether oxygens (including phenoxy) is 3. The highest BCUT2D eigenvalue weighted by Crippen LogP contribution is 2.40. The first kappa shape index (κ1) is 15.8. The molecule has 1 aromatic carbocycles. The number of likely N-dealkylation sites (N-methyl/N-ethyl adjacent to an activating group) is 1. The first-order chi connectivity index (χ1) is 10.2. The monoisotopic (exact) mass is 293 g/mol. The maximum absolute atomic E-state index is 12.2. The van der Waals surface area contributed by atoms with Crippen LogP contribution in [0.25, 0.3) is 0 Å². The van der Waals surface area contributed by atoms with Crippen LogP contribution < -0.4 is 10.1 Å². The largest absolute Gasteiger partial charge is 0.491 e. The Bertz CT molecular complexity index is 487. The predicted molar refractivity (Wildman–Crippen MR) is 79.2 cm³/mol. The fraction of sp³-hybridized carbons (Fsp3) is 0.562. The molecule has 21 heavy (non-hydrogen) atoms.